The zero-order chi connectivity index (χ0) is 14.6. The number of nitrogens with one attached hydrogen (secondary N) is 1. The molecule has 0 saturated carbocycles. The molecule has 0 aliphatic heterocycles. The first kappa shape index (κ1) is 17.5. The molecular formula is C17H28FNS. The smallest absolute Gasteiger partial charge is 0.126 e. The zero-order valence-electron chi connectivity index (χ0n) is 12.8. The average Bonchev–Trinajstić information content (AvgIpc) is 2.46. The van der Waals surface area contributed by atoms with E-state index in [1.165, 1.54) is 24.3 Å². The van der Waals surface area contributed by atoms with Gasteiger partial charge < -0.3 is 5.32 Å². The van der Waals surface area contributed by atoms with Crippen molar-refractivity contribution < 1.29 is 4.39 Å². The highest BCUT2D eigenvalue weighted by atomic mass is 32.2. The van der Waals surface area contributed by atoms with Crippen LogP contribution in [0.1, 0.15) is 38.7 Å². The monoisotopic (exact) mass is 297 g/mol. The third kappa shape index (κ3) is 7.30. The highest BCUT2D eigenvalue weighted by Gasteiger charge is 2.12. The van der Waals surface area contributed by atoms with Crippen LogP contribution in [0.2, 0.25) is 0 Å². The molecule has 0 aromatic heterocycles. The van der Waals surface area contributed by atoms with Crippen LogP contribution >= 0.6 is 11.8 Å². The van der Waals surface area contributed by atoms with E-state index >= 15 is 0 Å². The van der Waals surface area contributed by atoms with Crippen LogP contribution in [0.15, 0.2) is 24.3 Å². The van der Waals surface area contributed by atoms with Crippen molar-refractivity contribution in [2.24, 2.45) is 5.92 Å². The van der Waals surface area contributed by atoms with E-state index in [-0.39, 0.29) is 5.82 Å². The number of benzene rings is 1. The molecule has 0 aliphatic rings. The molecule has 1 aromatic rings. The lowest BCUT2D eigenvalue weighted by Gasteiger charge is -2.18. The Bertz CT molecular complexity index is 357. The molecule has 0 radical (unpaired) electrons. The fourth-order valence-electron chi connectivity index (χ4n) is 2.35. The van der Waals surface area contributed by atoms with Crippen molar-refractivity contribution in [3.8, 4) is 0 Å². The largest absolute Gasteiger partial charge is 0.316 e. The third-order valence-corrected chi connectivity index (χ3v) is 4.42. The minimum absolute atomic E-state index is 0.0593. The van der Waals surface area contributed by atoms with Gasteiger partial charge in [0.25, 0.3) is 0 Å². The molecule has 3 heteroatoms. The second-order valence-corrected chi connectivity index (χ2v) is 6.60. The van der Waals surface area contributed by atoms with Crippen molar-refractivity contribution in [1.82, 2.24) is 5.32 Å². The molecule has 1 nitrogen and oxygen atoms in total. The number of halogens is 1. The molecule has 0 amide bonds. The van der Waals surface area contributed by atoms with Gasteiger partial charge in [-0.25, -0.2) is 4.39 Å². The molecule has 114 valence electrons. The maximum atomic E-state index is 13.8. The minimum Gasteiger partial charge on any atom is -0.316 e. The van der Waals surface area contributed by atoms with Crippen molar-refractivity contribution >= 4 is 11.8 Å². The first-order valence-corrected chi connectivity index (χ1v) is 8.95. The van der Waals surface area contributed by atoms with Crippen LogP contribution in [0.3, 0.4) is 0 Å². The summed E-state index contributed by atoms with van der Waals surface area (Å²) >= 11 is 1.99. The van der Waals surface area contributed by atoms with Gasteiger partial charge in [0.15, 0.2) is 0 Å². The second-order valence-electron chi connectivity index (χ2n) is 5.20. The topological polar surface area (TPSA) is 12.0 Å². The summed E-state index contributed by atoms with van der Waals surface area (Å²) in [6.45, 7) is 6.43. The summed E-state index contributed by atoms with van der Waals surface area (Å²) in [6, 6.07) is 7.19. The molecule has 1 aromatic carbocycles. The van der Waals surface area contributed by atoms with Gasteiger partial charge in [-0.15, -0.1) is 0 Å². The van der Waals surface area contributed by atoms with Crippen LogP contribution in [-0.4, -0.2) is 24.6 Å². The van der Waals surface area contributed by atoms with Crippen LogP contribution < -0.4 is 5.32 Å². The standard InChI is InChI=1S/C17H28FNS/c1-3-11-19-14-15(8-7-12-20-4-2)13-16-9-5-6-10-17(16)18/h5-6,9-10,15,19H,3-4,7-8,11-14H2,1-2H3. The molecule has 1 unspecified atom stereocenters. The molecule has 0 heterocycles. The maximum Gasteiger partial charge on any atom is 0.126 e. The fraction of sp³-hybridized carbons (Fsp3) is 0.647. The van der Waals surface area contributed by atoms with E-state index < -0.39 is 0 Å². The molecule has 1 N–H and O–H groups in total. The number of hydrogen-bond acceptors (Lipinski definition) is 2. The predicted octanol–water partition coefficient (Wildman–Crippen LogP) is 4.52. The molecular weight excluding hydrogens is 269 g/mol. The lowest BCUT2D eigenvalue weighted by Crippen LogP contribution is -2.25. The van der Waals surface area contributed by atoms with Gasteiger partial charge in [0, 0.05) is 0 Å². The molecule has 1 rings (SSSR count). The Kier molecular flexibility index (Phi) is 9.77. The van der Waals surface area contributed by atoms with Gasteiger partial charge >= 0.3 is 0 Å². The third-order valence-electron chi connectivity index (χ3n) is 3.43. The van der Waals surface area contributed by atoms with Crippen LogP contribution in [0.25, 0.3) is 0 Å². The highest BCUT2D eigenvalue weighted by Crippen LogP contribution is 2.18. The average molecular weight is 297 g/mol. The van der Waals surface area contributed by atoms with E-state index in [0.717, 1.165) is 31.5 Å². The number of hydrogen-bond donors (Lipinski definition) is 1. The van der Waals surface area contributed by atoms with Gasteiger partial charge in [-0.2, -0.15) is 11.8 Å². The van der Waals surface area contributed by atoms with Crippen molar-refractivity contribution in [3.05, 3.63) is 35.6 Å². The molecule has 0 fully saturated rings. The van der Waals surface area contributed by atoms with Crippen molar-refractivity contribution in [1.29, 1.82) is 0 Å². The molecule has 0 saturated heterocycles. The fourth-order valence-corrected chi connectivity index (χ4v) is 3.01. The second kappa shape index (κ2) is 11.2. The quantitative estimate of drug-likeness (QED) is 0.603. The van der Waals surface area contributed by atoms with Crippen molar-refractivity contribution in [2.45, 2.75) is 39.5 Å². The Morgan fingerprint density at radius 1 is 1.25 bits per heavy atom. The molecule has 0 bridgehead atoms. The highest BCUT2D eigenvalue weighted by molar-refractivity contribution is 7.99. The SMILES string of the molecule is CCCNCC(CCCSCC)Cc1ccccc1F. The van der Waals surface area contributed by atoms with Crippen LogP contribution in [0.5, 0.6) is 0 Å². The summed E-state index contributed by atoms with van der Waals surface area (Å²) in [5.41, 5.74) is 0.860. The van der Waals surface area contributed by atoms with Crippen molar-refractivity contribution in [2.75, 3.05) is 24.6 Å². The van der Waals surface area contributed by atoms with Crippen molar-refractivity contribution in [3.63, 3.8) is 0 Å². The van der Waals surface area contributed by atoms with Gasteiger partial charge in [-0.1, -0.05) is 32.0 Å². The van der Waals surface area contributed by atoms with E-state index in [0.29, 0.717) is 5.92 Å². The van der Waals surface area contributed by atoms with Crippen LogP contribution in [-0.2, 0) is 6.42 Å². The molecule has 1 atom stereocenters. The first-order chi connectivity index (χ1) is 9.77. The maximum absolute atomic E-state index is 13.8. The Morgan fingerprint density at radius 2 is 2.05 bits per heavy atom. The van der Waals surface area contributed by atoms with E-state index in [9.17, 15) is 4.39 Å². The van der Waals surface area contributed by atoms with E-state index in [1.807, 2.05) is 23.9 Å². The van der Waals surface area contributed by atoms with Gasteiger partial charge in [0.1, 0.15) is 5.82 Å². The molecule has 0 spiro atoms. The number of rotatable bonds is 11. The van der Waals surface area contributed by atoms with Crippen LogP contribution in [0, 0.1) is 11.7 Å². The van der Waals surface area contributed by atoms with E-state index in [4.69, 9.17) is 0 Å². The lowest BCUT2D eigenvalue weighted by molar-refractivity contribution is 0.433. The van der Waals surface area contributed by atoms with E-state index in [1.54, 1.807) is 12.1 Å². The Labute approximate surface area is 127 Å². The summed E-state index contributed by atoms with van der Waals surface area (Å²) in [7, 11) is 0. The van der Waals surface area contributed by atoms with Gasteiger partial charge in [-0.05, 0) is 67.8 Å². The van der Waals surface area contributed by atoms with Gasteiger partial charge in [0.05, 0.1) is 0 Å². The first-order valence-electron chi connectivity index (χ1n) is 7.79. The van der Waals surface area contributed by atoms with Gasteiger partial charge in [-0.3, -0.25) is 0 Å². The summed E-state index contributed by atoms with van der Waals surface area (Å²) < 4.78 is 13.8. The van der Waals surface area contributed by atoms with Gasteiger partial charge in [0.2, 0.25) is 0 Å². The number of thioether (sulfide) groups is 1. The summed E-state index contributed by atoms with van der Waals surface area (Å²) in [4.78, 5) is 0. The molecule has 20 heavy (non-hydrogen) atoms. The lowest BCUT2D eigenvalue weighted by atomic mass is 9.94. The summed E-state index contributed by atoms with van der Waals surface area (Å²) in [5.74, 6) is 2.89. The Morgan fingerprint density at radius 3 is 2.75 bits per heavy atom. The van der Waals surface area contributed by atoms with Crippen LogP contribution in [0.4, 0.5) is 4.39 Å². The zero-order valence-corrected chi connectivity index (χ0v) is 13.6. The Balaban J connectivity index is 2.46. The predicted molar refractivity (Wildman–Crippen MR) is 89.0 cm³/mol. The van der Waals surface area contributed by atoms with E-state index in [2.05, 4.69) is 19.2 Å². The Hall–Kier alpha value is -0.540. The normalized spacial score (nSPS) is 12.6. The summed E-state index contributed by atoms with van der Waals surface area (Å²) in [5, 5.41) is 3.49. The minimum atomic E-state index is -0.0593. The molecule has 0 aliphatic carbocycles. The summed E-state index contributed by atoms with van der Waals surface area (Å²) in [6.07, 6.45) is 4.40.